The SMILES string of the molecule is COC(=O)Cc1ccccc1CNCCCCCO. The maximum atomic E-state index is 11.3. The Kier molecular flexibility index (Phi) is 7.86. The lowest BCUT2D eigenvalue weighted by Crippen LogP contribution is -2.17. The number of aliphatic hydroxyl groups excluding tert-OH is 1. The van der Waals surface area contributed by atoms with Crippen LogP contribution in [0.2, 0.25) is 0 Å². The average molecular weight is 265 g/mol. The number of hydrogen-bond donors (Lipinski definition) is 2. The molecule has 0 saturated heterocycles. The molecule has 0 saturated carbocycles. The molecule has 106 valence electrons. The van der Waals surface area contributed by atoms with E-state index < -0.39 is 0 Å². The predicted octanol–water partition coefficient (Wildman–Crippen LogP) is 1.65. The molecule has 0 aliphatic heterocycles. The summed E-state index contributed by atoms with van der Waals surface area (Å²) in [5, 5.41) is 12.0. The van der Waals surface area contributed by atoms with Gasteiger partial charge in [0.2, 0.25) is 0 Å². The maximum Gasteiger partial charge on any atom is 0.309 e. The highest BCUT2D eigenvalue weighted by Gasteiger charge is 2.07. The molecule has 0 unspecified atom stereocenters. The van der Waals surface area contributed by atoms with Gasteiger partial charge in [0.05, 0.1) is 13.5 Å². The van der Waals surface area contributed by atoms with E-state index in [0.717, 1.165) is 43.5 Å². The fourth-order valence-corrected chi connectivity index (χ4v) is 1.89. The van der Waals surface area contributed by atoms with Crippen LogP contribution < -0.4 is 5.32 Å². The van der Waals surface area contributed by atoms with E-state index in [2.05, 4.69) is 5.32 Å². The van der Waals surface area contributed by atoms with Crippen molar-refractivity contribution in [2.45, 2.75) is 32.2 Å². The first-order valence-corrected chi connectivity index (χ1v) is 6.73. The Morgan fingerprint density at radius 1 is 1.21 bits per heavy atom. The summed E-state index contributed by atoms with van der Waals surface area (Å²) in [5.74, 6) is -0.213. The standard InChI is InChI=1S/C15H23NO3/c1-19-15(18)11-13-7-3-4-8-14(13)12-16-9-5-2-6-10-17/h3-4,7-8,16-17H,2,5-6,9-12H2,1H3. The summed E-state index contributed by atoms with van der Waals surface area (Å²) in [4.78, 5) is 11.3. The zero-order chi connectivity index (χ0) is 13.9. The van der Waals surface area contributed by atoms with Crippen molar-refractivity contribution >= 4 is 5.97 Å². The van der Waals surface area contributed by atoms with Crippen LogP contribution in [-0.4, -0.2) is 31.3 Å². The molecule has 19 heavy (non-hydrogen) atoms. The van der Waals surface area contributed by atoms with E-state index in [1.807, 2.05) is 24.3 Å². The van der Waals surface area contributed by atoms with E-state index in [0.29, 0.717) is 6.42 Å². The van der Waals surface area contributed by atoms with Gasteiger partial charge >= 0.3 is 5.97 Å². The third-order valence-corrected chi connectivity index (χ3v) is 3.01. The molecule has 0 aliphatic carbocycles. The van der Waals surface area contributed by atoms with Crippen LogP contribution in [0.3, 0.4) is 0 Å². The lowest BCUT2D eigenvalue weighted by atomic mass is 10.0. The number of hydrogen-bond acceptors (Lipinski definition) is 4. The summed E-state index contributed by atoms with van der Waals surface area (Å²) in [6.07, 6.45) is 3.27. The number of unbranched alkanes of at least 4 members (excludes halogenated alkanes) is 2. The summed E-state index contributed by atoms with van der Waals surface area (Å²) >= 11 is 0. The van der Waals surface area contributed by atoms with Crippen molar-refractivity contribution in [3.05, 3.63) is 35.4 Å². The fraction of sp³-hybridized carbons (Fsp3) is 0.533. The van der Waals surface area contributed by atoms with Gasteiger partial charge in [-0.15, -0.1) is 0 Å². The molecule has 1 rings (SSSR count). The summed E-state index contributed by atoms with van der Waals surface area (Å²) in [7, 11) is 1.41. The molecule has 1 aromatic carbocycles. The second-order valence-electron chi connectivity index (χ2n) is 4.48. The highest BCUT2D eigenvalue weighted by atomic mass is 16.5. The minimum Gasteiger partial charge on any atom is -0.469 e. The summed E-state index contributed by atoms with van der Waals surface area (Å²) in [6.45, 7) is 1.95. The van der Waals surface area contributed by atoms with Crippen LogP contribution >= 0.6 is 0 Å². The minimum atomic E-state index is -0.213. The van der Waals surface area contributed by atoms with Gasteiger partial charge in [-0.25, -0.2) is 0 Å². The first kappa shape index (κ1) is 15.7. The Hall–Kier alpha value is -1.39. The van der Waals surface area contributed by atoms with Gasteiger partial charge in [-0.2, -0.15) is 0 Å². The third-order valence-electron chi connectivity index (χ3n) is 3.01. The number of aliphatic hydroxyl groups is 1. The number of carbonyl (C=O) groups is 1. The van der Waals surface area contributed by atoms with Crippen molar-refractivity contribution in [3.8, 4) is 0 Å². The van der Waals surface area contributed by atoms with Crippen LogP contribution in [0.15, 0.2) is 24.3 Å². The first-order valence-electron chi connectivity index (χ1n) is 6.73. The Morgan fingerprint density at radius 2 is 1.95 bits per heavy atom. The Balaban J connectivity index is 2.38. The average Bonchev–Trinajstić information content (AvgIpc) is 2.44. The topological polar surface area (TPSA) is 58.6 Å². The van der Waals surface area contributed by atoms with Gasteiger partial charge in [0.25, 0.3) is 0 Å². The van der Waals surface area contributed by atoms with Gasteiger partial charge in [0, 0.05) is 13.2 Å². The van der Waals surface area contributed by atoms with E-state index in [1.54, 1.807) is 0 Å². The molecule has 0 amide bonds. The van der Waals surface area contributed by atoms with E-state index in [-0.39, 0.29) is 12.6 Å². The van der Waals surface area contributed by atoms with Gasteiger partial charge in [-0.05, 0) is 36.9 Å². The highest BCUT2D eigenvalue weighted by molar-refractivity contribution is 5.72. The van der Waals surface area contributed by atoms with E-state index in [1.165, 1.54) is 7.11 Å². The van der Waals surface area contributed by atoms with Gasteiger partial charge in [0.1, 0.15) is 0 Å². The molecule has 0 fully saturated rings. The summed E-state index contributed by atoms with van der Waals surface area (Å²) < 4.78 is 4.70. The number of rotatable bonds is 9. The first-order chi connectivity index (χ1) is 9.27. The van der Waals surface area contributed by atoms with Crippen LogP contribution in [0.4, 0.5) is 0 Å². The van der Waals surface area contributed by atoms with Crippen LogP contribution in [0.1, 0.15) is 30.4 Å². The largest absolute Gasteiger partial charge is 0.469 e. The molecule has 1 aromatic rings. The molecule has 0 atom stereocenters. The van der Waals surface area contributed by atoms with Gasteiger partial charge in [-0.1, -0.05) is 24.3 Å². The minimum absolute atomic E-state index is 0.213. The zero-order valence-corrected chi connectivity index (χ0v) is 11.5. The molecule has 0 aliphatic rings. The predicted molar refractivity (Wildman–Crippen MR) is 74.8 cm³/mol. The summed E-state index contributed by atoms with van der Waals surface area (Å²) in [6, 6.07) is 7.89. The molecular weight excluding hydrogens is 242 g/mol. The fourth-order valence-electron chi connectivity index (χ4n) is 1.89. The maximum absolute atomic E-state index is 11.3. The van der Waals surface area contributed by atoms with Crippen molar-refractivity contribution in [3.63, 3.8) is 0 Å². The molecule has 4 heteroatoms. The normalized spacial score (nSPS) is 10.4. The lowest BCUT2D eigenvalue weighted by Gasteiger charge is -2.09. The Bertz CT molecular complexity index is 379. The quantitative estimate of drug-likeness (QED) is 0.526. The van der Waals surface area contributed by atoms with Crippen molar-refractivity contribution < 1.29 is 14.6 Å². The van der Waals surface area contributed by atoms with Crippen LogP contribution in [-0.2, 0) is 22.5 Å². The van der Waals surface area contributed by atoms with Crippen molar-refractivity contribution in [2.24, 2.45) is 0 Å². The zero-order valence-electron chi connectivity index (χ0n) is 11.5. The number of benzene rings is 1. The van der Waals surface area contributed by atoms with E-state index in [9.17, 15) is 4.79 Å². The van der Waals surface area contributed by atoms with Crippen LogP contribution in [0.5, 0.6) is 0 Å². The number of ether oxygens (including phenoxy) is 1. The number of esters is 1. The van der Waals surface area contributed by atoms with Gasteiger partial charge in [0.15, 0.2) is 0 Å². The molecular formula is C15H23NO3. The van der Waals surface area contributed by atoms with E-state index >= 15 is 0 Å². The van der Waals surface area contributed by atoms with Crippen LogP contribution in [0.25, 0.3) is 0 Å². The number of methoxy groups -OCH3 is 1. The molecule has 0 aromatic heterocycles. The highest BCUT2D eigenvalue weighted by Crippen LogP contribution is 2.10. The van der Waals surface area contributed by atoms with E-state index in [4.69, 9.17) is 9.84 Å². The third kappa shape index (κ3) is 6.36. The van der Waals surface area contributed by atoms with Crippen LogP contribution in [0, 0.1) is 0 Å². The molecule has 2 N–H and O–H groups in total. The number of carbonyl (C=O) groups excluding carboxylic acids is 1. The van der Waals surface area contributed by atoms with Crippen molar-refractivity contribution in [2.75, 3.05) is 20.3 Å². The monoisotopic (exact) mass is 265 g/mol. The second kappa shape index (κ2) is 9.53. The Morgan fingerprint density at radius 3 is 2.63 bits per heavy atom. The second-order valence-corrected chi connectivity index (χ2v) is 4.48. The summed E-state index contributed by atoms with van der Waals surface area (Å²) in [5.41, 5.74) is 2.15. The van der Waals surface area contributed by atoms with Gasteiger partial charge < -0.3 is 15.2 Å². The lowest BCUT2D eigenvalue weighted by molar-refractivity contribution is -0.139. The molecule has 0 radical (unpaired) electrons. The molecule has 0 heterocycles. The van der Waals surface area contributed by atoms with Crippen molar-refractivity contribution in [1.29, 1.82) is 0 Å². The van der Waals surface area contributed by atoms with Gasteiger partial charge in [-0.3, -0.25) is 4.79 Å². The molecule has 0 spiro atoms. The van der Waals surface area contributed by atoms with Crippen molar-refractivity contribution in [1.82, 2.24) is 5.32 Å². The molecule has 0 bridgehead atoms. The molecule has 4 nitrogen and oxygen atoms in total. The Labute approximate surface area is 114 Å². The smallest absolute Gasteiger partial charge is 0.309 e. The number of nitrogens with one attached hydrogen (secondary N) is 1.